The second-order valence-corrected chi connectivity index (χ2v) is 7.77. The quantitative estimate of drug-likeness (QED) is 0.705. The molecule has 156 valence electrons. The number of benzene rings is 1. The number of aromatic nitrogens is 2. The fourth-order valence-corrected chi connectivity index (χ4v) is 3.55. The maximum absolute atomic E-state index is 13.1. The molecule has 1 aromatic carbocycles. The number of hydrogen-bond donors (Lipinski definition) is 1. The first-order chi connectivity index (χ1) is 13.9. The smallest absolute Gasteiger partial charge is 0.416 e. The summed E-state index contributed by atoms with van der Waals surface area (Å²) >= 11 is 1.06. The molecule has 1 N–H and O–H groups in total. The molecule has 1 aliphatic carbocycles. The second-order valence-electron chi connectivity index (χ2n) is 6.85. The van der Waals surface area contributed by atoms with E-state index in [9.17, 15) is 18.0 Å². The Morgan fingerprint density at radius 1 is 1.24 bits per heavy atom. The monoisotopic (exact) mass is 428 g/mol. The minimum atomic E-state index is -4.50. The second kappa shape index (κ2) is 8.23. The Balaban J connectivity index is 1.46. The number of carbonyl (C=O) groups excluding carboxylic acids is 1. The molecule has 0 bridgehead atoms. The van der Waals surface area contributed by atoms with Gasteiger partial charge in [0.1, 0.15) is 0 Å². The normalized spacial score (nSPS) is 17.4. The van der Waals surface area contributed by atoms with Gasteiger partial charge in [0, 0.05) is 19.0 Å². The van der Waals surface area contributed by atoms with Gasteiger partial charge in [-0.15, -0.1) is 10.2 Å². The summed E-state index contributed by atoms with van der Waals surface area (Å²) in [6, 6.07) is 3.37. The fourth-order valence-electron chi connectivity index (χ4n) is 2.98. The topological polar surface area (TPSA) is 80.5 Å². The number of halogens is 3. The van der Waals surface area contributed by atoms with Gasteiger partial charge in [-0.3, -0.25) is 4.79 Å². The molecule has 4 rings (SSSR count). The van der Waals surface area contributed by atoms with E-state index in [1.54, 1.807) is 0 Å². The molecule has 0 atom stereocenters. The van der Waals surface area contributed by atoms with Gasteiger partial charge in [0.05, 0.1) is 35.9 Å². The van der Waals surface area contributed by atoms with Crippen molar-refractivity contribution in [3.8, 4) is 0 Å². The number of rotatable bonds is 6. The lowest BCUT2D eigenvalue weighted by Crippen LogP contribution is -2.37. The van der Waals surface area contributed by atoms with Crippen molar-refractivity contribution in [1.82, 2.24) is 10.2 Å². The number of carbonyl (C=O) groups is 1. The molecule has 0 radical (unpaired) electrons. The van der Waals surface area contributed by atoms with Crippen molar-refractivity contribution < 1.29 is 27.1 Å². The van der Waals surface area contributed by atoms with Crippen LogP contribution in [0.2, 0.25) is 0 Å². The third-order valence-electron chi connectivity index (χ3n) is 4.63. The van der Waals surface area contributed by atoms with Crippen molar-refractivity contribution in [1.29, 1.82) is 0 Å². The summed E-state index contributed by atoms with van der Waals surface area (Å²) in [6.07, 6.45) is -2.46. The number of nitrogens with one attached hydrogen (secondary N) is 1. The number of thioether (sulfide) groups is 1. The van der Waals surface area contributed by atoms with E-state index in [1.807, 2.05) is 4.90 Å². The largest absolute Gasteiger partial charge is 0.416 e. The molecule has 2 heterocycles. The maximum atomic E-state index is 13.1. The Morgan fingerprint density at radius 3 is 2.69 bits per heavy atom. The molecule has 11 heteroatoms. The summed E-state index contributed by atoms with van der Waals surface area (Å²) in [5.41, 5.74) is -0.159. The lowest BCUT2D eigenvalue weighted by Gasteiger charge is -2.31. The van der Waals surface area contributed by atoms with Crippen molar-refractivity contribution in [3.63, 3.8) is 0 Å². The number of alkyl halides is 3. The molecule has 1 saturated carbocycles. The molecule has 0 unspecified atom stereocenters. The first-order valence-electron chi connectivity index (χ1n) is 9.20. The lowest BCUT2D eigenvalue weighted by molar-refractivity contribution is -0.137. The van der Waals surface area contributed by atoms with Crippen LogP contribution in [-0.4, -0.2) is 48.2 Å². The highest BCUT2D eigenvalue weighted by Crippen LogP contribution is 2.40. The van der Waals surface area contributed by atoms with Crippen molar-refractivity contribution >= 4 is 29.0 Å². The van der Waals surface area contributed by atoms with E-state index >= 15 is 0 Å². The predicted octanol–water partition coefficient (Wildman–Crippen LogP) is 3.53. The molecule has 1 aliphatic heterocycles. The lowest BCUT2D eigenvalue weighted by atomic mass is 10.1. The van der Waals surface area contributed by atoms with Gasteiger partial charge in [0.15, 0.2) is 0 Å². The fraction of sp³-hybridized carbons (Fsp3) is 0.500. The van der Waals surface area contributed by atoms with Crippen LogP contribution < -0.4 is 10.2 Å². The number of amides is 1. The molecule has 2 aromatic rings. The van der Waals surface area contributed by atoms with Gasteiger partial charge in [-0.25, -0.2) is 0 Å². The Labute approximate surface area is 169 Å². The Hall–Kier alpha value is -2.27. The highest BCUT2D eigenvalue weighted by Gasteiger charge is 2.32. The molecule has 1 saturated heterocycles. The van der Waals surface area contributed by atoms with Gasteiger partial charge in [-0.2, -0.15) is 13.2 Å². The van der Waals surface area contributed by atoms with Crippen molar-refractivity contribution in [2.45, 2.75) is 30.2 Å². The number of ether oxygens (including phenoxy) is 1. The summed E-state index contributed by atoms with van der Waals surface area (Å²) < 4.78 is 50.2. The number of morpholine rings is 1. The van der Waals surface area contributed by atoms with Gasteiger partial charge in [-0.05, 0) is 31.0 Å². The third kappa shape index (κ3) is 5.02. The maximum Gasteiger partial charge on any atom is 0.416 e. The van der Waals surface area contributed by atoms with E-state index in [0.29, 0.717) is 43.8 Å². The van der Waals surface area contributed by atoms with E-state index in [2.05, 4.69) is 15.5 Å². The number of anilines is 2. The zero-order valence-corrected chi connectivity index (χ0v) is 16.2. The van der Waals surface area contributed by atoms with Crippen LogP contribution in [0.4, 0.5) is 24.5 Å². The van der Waals surface area contributed by atoms with Crippen LogP contribution in [-0.2, 0) is 15.7 Å². The van der Waals surface area contributed by atoms with Crippen molar-refractivity contribution in [3.05, 3.63) is 29.7 Å². The van der Waals surface area contributed by atoms with E-state index in [0.717, 1.165) is 36.7 Å². The van der Waals surface area contributed by atoms with Gasteiger partial charge >= 0.3 is 6.18 Å². The molecular weight excluding hydrogens is 409 g/mol. The summed E-state index contributed by atoms with van der Waals surface area (Å²) in [4.78, 5) is 14.3. The van der Waals surface area contributed by atoms with Crippen LogP contribution in [0.3, 0.4) is 0 Å². The molecule has 7 nitrogen and oxygen atoms in total. The third-order valence-corrected chi connectivity index (χ3v) is 5.44. The van der Waals surface area contributed by atoms with Crippen LogP contribution in [0.1, 0.15) is 30.2 Å². The van der Waals surface area contributed by atoms with E-state index in [4.69, 9.17) is 9.15 Å². The van der Waals surface area contributed by atoms with Crippen LogP contribution in [0.15, 0.2) is 27.8 Å². The molecule has 29 heavy (non-hydrogen) atoms. The zero-order valence-electron chi connectivity index (χ0n) is 15.4. The summed E-state index contributed by atoms with van der Waals surface area (Å²) in [7, 11) is 0. The minimum Gasteiger partial charge on any atom is -0.416 e. The molecule has 0 spiro atoms. The van der Waals surface area contributed by atoms with Crippen LogP contribution >= 0.6 is 11.8 Å². The Kier molecular flexibility index (Phi) is 5.68. The molecule has 2 aliphatic rings. The first kappa shape index (κ1) is 20.0. The summed E-state index contributed by atoms with van der Waals surface area (Å²) in [6.45, 7) is 2.03. The molecular formula is C18H19F3N4O3S. The first-order valence-corrected chi connectivity index (χ1v) is 10.2. The molecule has 1 aromatic heterocycles. The highest BCUT2D eigenvalue weighted by molar-refractivity contribution is 7.99. The van der Waals surface area contributed by atoms with Gasteiger partial charge in [0.25, 0.3) is 5.22 Å². The standard InChI is InChI=1S/C18H19F3N4O3S/c19-18(20,21)12-3-4-14(25-5-7-27-8-6-25)13(9-12)22-15(26)10-29-17-24-23-16(28-17)11-1-2-11/h3-4,9,11H,1-2,5-8,10H2,(H,22,26). The minimum absolute atomic E-state index is 0.0505. The summed E-state index contributed by atoms with van der Waals surface area (Å²) in [5.74, 6) is 0.382. The average molecular weight is 428 g/mol. The summed E-state index contributed by atoms with van der Waals surface area (Å²) in [5, 5.41) is 10.7. The predicted molar refractivity (Wildman–Crippen MR) is 100 cm³/mol. The van der Waals surface area contributed by atoms with E-state index in [-0.39, 0.29) is 16.7 Å². The van der Waals surface area contributed by atoms with Gasteiger partial charge in [0.2, 0.25) is 11.8 Å². The highest BCUT2D eigenvalue weighted by atomic mass is 32.2. The van der Waals surface area contributed by atoms with Crippen LogP contribution in [0.25, 0.3) is 0 Å². The van der Waals surface area contributed by atoms with Crippen molar-refractivity contribution in [2.24, 2.45) is 0 Å². The van der Waals surface area contributed by atoms with E-state index < -0.39 is 17.6 Å². The zero-order chi connectivity index (χ0) is 20.4. The van der Waals surface area contributed by atoms with Crippen LogP contribution in [0.5, 0.6) is 0 Å². The number of nitrogens with zero attached hydrogens (tertiary/aromatic N) is 3. The van der Waals surface area contributed by atoms with Crippen molar-refractivity contribution in [2.75, 3.05) is 42.3 Å². The Morgan fingerprint density at radius 2 is 2.00 bits per heavy atom. The molecule has 2 fully saturated rings. The van der Waals surface area contributed by atoms with Crippen LogP contribution in [0, 0.1) is 0 Å². The van der Waals surface area contributed by atoms with Gasteiger partial charge < -0.3 is 19.4 Å². The van der Waals surface area contributed by atoms with Gasteiger partial charge in [-0.1, -0.05) is 11.8 Å². The Bertz CT molecular complexity index is 879. The SMILES string of the molecule is O=C(CSc1nnc(C2CC2)o1)Nc1cc(C(F)(F)F)ccc1N1CCOCC1. The number of hydrogen-bond acceptors (Lipinski definition) is 7. The van der Waals surface area contributed by atoms with E-state index in [1.165, 1.54) is 6.07 Å². The average Bonchev–Trinajstić information content (AvgIpc) is 3.44. The molecule has 1 amide bonds.